The normalized spacial score (nSPS) is 12.0. The summed E-state index contributed by atoms with van der Waals surface area (Å²) >= 11 is 8.52. The Morgan fingerprint density at radius 1 is 1.15 bits per heavy atom. The number of anilines is 1. The number of nitriles is 1. The number of hydrogen-bond donors (Lipinski definition) is 1. The number of carbonyl (C=O) groups excluding carboxylic acids is 1. The molecule has 8 nitrogen and oxygen atoms in total. The van der Waals surface area contributed by atoms with E-state index in [1.165, 1.54) is 59.1 Å². The summed E-state index contributed by atoms with van der Waals surface area (Å²) in [6, 6.07) is 17.6. The van der Waals surface area contributed by atoms with Crippen LogP contribution < -0.4 is 9.50 Å². The number of thiophene rings is 1. The van der Waals surface area contributed by atoms with E-state index in [1.807, 2.05) is 23.6 Å². The van der Waals surface area contributed by atoms with E-state index in [4.69, 9.17) is 15.8 Å². The summed E-state index contributed by atoms with van der Waals surface area (Å²) in [5, 5.41) is 23.5. The number of nitrogens with one attached hydrogen (secondary N) is 1. The third kappa shape index (κ3) is 5.78. The van der Waals surface area contributed by atoms with Crippen molar-refractivity contribution in [1.82, 2.24) is 10.2 Å². The first kappa shape index (κ1) is 23.8. The monoisotopic (exact) mass is 530 g/mol. The fourth-order valence-corrected chi connectivity index (χ4v) is 5.49. The molecule has 2 heterocycles. The van der Waals surface area contributed by atoms with E-state index >= 15 is 0 Å². The van der Waals surface area contributed by atoms with Crippen molar-refractivity contribution in [3.05, 3.63) is 76.6 Å². The minimum atomic E-state index is -4.07. The summed E-state index contributed by atoms with van der Waals surface area (Å²) in [6.45, 7) is 0. The van der Waals surface area contributed by atoms with E-state index in [-0.39, 0.29) is 17.1 Å². The van der Waals surface area contributed by atoms with Gasteiger partial charge in [-0.15, -0.1) is 21.5 Å². The van der Waals surface area contributed by atoms with Gasteiger partial charge in [-0.2, -0.15) is 13.7 Å². The Balaban J connectivity index is 1.43. The highest BCUT2D eigenvalue weighted by molar-refractivity contribution is 7.87. The van der Waals surface area contributed by atoms with Gasteiger partial charge < -0.3 is 4.18 Å². The molecule has 0 fully saturated rings. The van der Waals surface area contributed by atoms with Gasteiger partial charge in [0.2, 0.25) is 11.0 Å². The Hall–Kier alpha value is -3.30. The molecule has 1 atom stereocenters. The standard InChI is InChI=1S/C22H15ClN4O4S3/c23-16-6-8-18(9-7-16)34(29,30)31-17-4-1-3-14(12-17)11-15(13-24)20(28)25-22-27-26-21(33-22)19-5-2-10-32-19/h1-10,12,15H,11H2,(H,25,27,28). The second-order valence-corrected chi connectivity index (χ2v) is 10.8. The van der Waals surface area contributed by atoms with Crippen LogP contribution in [0.2, 0.25) is 5.02 Å². The number of nitrogens with zero attached hydrogens (tertiary/aromatic N) is 3. The van der Waals surface area contributed by atoms with E-state index in [9.17, 15) is 18.5 Å². The molecule has 0 aliphatic rings. The number of carbonyl (C=O) groups is 1. The molecule has 0 bridgehead atoms. The van der Waals surface area contributed by atoms with Gasteiger partial charge in [-0.3, -0.25) is 10.1 Å². The third-order valence-electron chi connectivity index (χ3n) is 4.51. The highest BCUT2D eigenvalue weighted by atomic mass is 35.5. The van der Waals surface area contributed by atoms with Crippen LogP contribution in [0.3, 0.4) is 0 Å². The van der Waals surface area contributed by atoms with E-state index in [0.717, 1.165) is 4.88 Å². The molecule has 2 aromatic carbocycles. The van der Waals surface area contributed by atoms with Crippen molar-refractivity contribution in [3.63, 3.8) is 0 Å². The van der Waals surface area contributed by atoms with Gasteiger partial charge in [0, 0.05) is 5.02 Å². The van der Waals surface area contributed by atoms with Crippen molar-refractivity contribution in [2.45, 2.75) is 11.3 Å². The second-order valence-electron chi connectivity index (χ2n) is 6.90. The van der Waals surface area contributed by atoms with Crippen molar-refractivity contribution in [1.29, 1.82) is 5.26 Å². The zero-order valence-electron chi connectivity index (χ0n) is 17.2. The van der Waals surface area contributed by atoms with E-state index < -0.39 is 21.9 Å². The molecule has 1 unspecified atom stereocenters. The van der Waals surface area contributed by atoms with E-state index in [2.05, 4.69) is 15.5 Å². The molecule has 4 rings (SSSR count). The van der Waals surface area contributed by atoms with E-state index in [1.54, 1.807) is 12.1 Å². The molecule has 4 aromatic rings. The van der Waals surface area contributed by atoms with Gasteiger partial charge >= 0.3 is 10.1 Å². The maximum atomic E-state index is 12.6. The van der Waals surface area contributed by atoms with Crippen LogP contribution in [0.4, 0.5) is 5.13 Å². The average molecular weight is 531 g/mol. The van der Waals surface area contributed by atoms with Gasteiger partial charge in [0.15, 0.2) is 5.01 Å². The van der Waals surface area contributed by atoms with E-state index in [0.29, 0.717) is 20.7 Å². The van der Waals surface area contributed by atoms with Gasteiger partial charge in [-0.1, -0.05) is 41.1 Å². The predicted molar refractivity (Wildman–Crippen MR) is 130 cm³/mol. The quantitative estimate of drug-likeness (QED) is 0.318. The molecule has 0 spiro atoms. The lowest BCUT2D eigenvalue weighted by Crippen LogP contribution is -2.23. The zero-order valence-corrected chi connectivity index (χ0v) is 20.4. The largest absolute Gasteiger partial charge is 0.379 e. The van der Waals surface area contributed by atoms with Crippen LogP contribution >= 0.6 is 34.3 Å². The van der Waals surface area contributed by atoms with Crippen molar-refractivity contribution >= 4 is 55.4 Å². The topological polar surface area (TPSA) is 122 Å². The highest BCUT2D eigenvalue weighted by Gasteiger charge is 2.22. The number of hydrogen-bond acceptors (Lipinski definition) is 9. The van der Waals surface area contributed by atoms with Crippen LogP contribution in [0.1, 0.15) is 5.56 Å². The maximum absolute atomic E-state index is 12.6. The number of aromatic nitrogens is 2. The molecule has 34 heavy (non-hydrogen) atoms. The molecular formula is C22H15ClN4O4S3. The lowest BCUT2D eigenvalue weighted by molar-refractivity contribution is -0.118. The smallest absolute Gasteiger partial charge is 0.339 e. The summed E-state index contributed by atoms with van der Waals surface area (Å²) < 4.78 is 30.2. The highest BCUT2D eigenvalue weighted by Crippen LogP contribution is 2.30. The summed E-state index contributed by atoms with van der Waals surface area (Å²) in [6.07, 6.45) is 0.0527. The molecule has 172 valence electrons. The lowest BCUT2D eigenvalue weighted by Gasteiger charge is -2.11. The van der Waals surface area contributed by atoms with Crippen molar-refractivity contribution < 1.29 is 17.4 Å². The molecule has 0 aliphatic heterocycles. The molecule has 0 aliphatic carbocycles. The van der Waals surface area contributed by atoms with Crippen molar-refractivity contribution in [3.8, 4) is 21.7 Å². The van der Waals surface area contributed by atoms with Crippen molar-refractivity contribution in [2.75, 3.05) is 5.32 Å². The molecule has 0 saturated carbocycles. The molecular weight excluding hydrogens is 516 g/mol. The third-order valence-corrected chi connectivity index (χ3v) is 7.90. The predicted octanol–water partition coefficient (Wildman–Crippen LogP) is 5.01. The van der Waals surface area contributed by atoms with Crippen LogP contribution in [0.25, 0.3) is 9.88 Å². The van der Waals surface area contributed by atoms with Crippen LogP contribution in [0.5, 0.6) is 5.75 Å². The SMILES string of the molecule is N#CC(Cc1cccc(OS(=O)(=O)c2ccc(Cl)cc2)c1)C(=O)Nc1nnc(-c2cccs2)s1. The minimum absolute atomic E-state index is 0.0458. The molecule has 1 N–H and O–H groups in total. The fourth-order valence-electron chi connectivity index (χ4n) is 2.90. The number of rotatable bonds is 8. The lowest BCUT2D eigenvalue weighted by atomic mass is 10.00. The van der Waals surface area contributed by atoms with Crippen LogP contribution in [0.15, 0.2) is 70.9 Å². The second kappa shape index (κ2) is 10.3. The Labute approximate surface area is 208 Å². The molecule has 0 radical (unpaired) electrons. The summed E-state index contributed by atoms with van der Waals surface area (Å²) in [4.78, 5) is 13.5. The van der Waals surface area contributed by atoms with Gasteiger partial charge in [-0.25, -0.2) is 0 Å². The van der Waals surface area contributed by atoms with Crippen LogP contribution in [0, 0.1) is 17.2 Å². The number of benzene rings is 2. The molecule has 12 heteroatoms. The maximum Gasteiger partial charge on any atom is 0.339 e. The minimum Gasteiger partial charge on any atom is -0.379 e. The van der Waals surface area contributed by atoms with Gasteiger partial charge in [0.05, 0.1) is 10.9 Å². The Morgan fingerprint density at radius 2 is 1.94 bits per heavy atom. The summed E-state index contributed by atoms with van der Waals surface area (Å²) in [5.41, 5.74) is 0.557. The number of halogens is 1. The van der Waals surface area contributed by atoms with Crippen molar-refractivity contribution in [2.24, 2.45) is 5.92 Å². The van der Waals surface area contributed by atoms with Gasteiger partial charge in [0.25, 0.3) is 0 Å². The van der Waals surface area contributed by atoms with Gasteiger partial charge in [-0.05, 0) is 59.8 Å². The molecule has 0 saturated heterocycles. The average Bonchev–Trinajstić information content (AvgIpc) is 3.50. The number of amides is 1. The summed E-state index contributed by atoms with van der Waals surface area (Å²) in [7, 11) is -4.07. The Bertz CT molecular complexity index is 1450. The van der Waals surface area contributed by atoms with Gasteiger partial charge in [0.1, 0.15) is 16.6 Å². The first-order valence-electron chi connectivity index (χ1n) is 9.71. The Kier molecular flexibility index (Phi) is 7.23. The summed E-state index contributed by atoms with van der Waals surface area (Å²) in [5.74, 6) is -1.50. The first-order valence-corrected chi connectivity index (χ1v) is 13.2. The fraction of sp³-hybridized carbons (Fsp3) is 0.0909. The zero-order chi connectivity index (χ0) is 24.1. The first-order chi connectivity index (χ1) is 16.3. The Morgan fingerprint density at radius 3 is 2.65 bits per heavy atom. The van der Waals surface area contributed by atoms with Crippen LogP contribution in [-0.2, 0) is 21.3 Å². The molecule has 1 amide bonds. The molecule has 2 aromatic heterocycles. The van der Waals surface area contributed by atoms with Crippen LogP contribution in [-0.4, -0.2) is 24.5 Å².